The first-order valence-corrected chi connectivity index (χ1v) is 4.46. The predicted molar refractivity (Wildman–Crippen MR) is 59.3 cm³/mol. The molecule has 0 aromatic carbocycles. The highest BCUT2D eigenvalue weighted by Crippen LogP contribution is 2.21. The molecule has 15 heavy (non-hydrogen) atoms. The number of nitrogens with zero attached hydrogens (tertiary/aromatic N) is 3. The van der Waals surface area contributed by atoms with E-state index in [0.29, 0.717) is 24.5 Å². The van der Waals surface area contributed by atoms with Crippen molar-refractivity contribution in [2.24, 2.45) is 5.73 Å². The van der Waals surface area contributed by atoms with Crippen molar-refractivity contribution >= 4 is 18.1 Å². The summed E-state index contributed by atoms with van der Waals surface area (Å²) in [5.41, 5.74) is 6.53. The summed E-state index contributed by atoms with van der Waals surface area (Å²) in [7, 11) is 0. The fourth-order valence-electron chi connectivity index (χ4n) is 1.41. The predicted octanol–water partition coefficient (Wildman–Crippen LogP) is 1.18. The summed E-state index contributed by atoms with van der Waals surface area (Å²) in [6.45, 7) is 4.54. The molecule has 6 nitrogen and oxygen atoms in total. The van der Waals surface area contributed by atoms with Crippen molar-refractivity contribution in [1.29, 1.82) is 0 Å². The highest BCUT2D eigenvalue weighted by atomic mass is 35.5. The van der Waals surface area contributed by atoms with Crippen LogP contribution in [0.3, 0.4) is 0 Å². The normalized spacial score (nSPS) is 9.80. The SMILES string of the molecule is Cc1nn(CCCN)c(C)c1[N+](=O)[O-].Cl. The summed E-state index contributed by atoms with van der Waals surface area (Å²) in [5.74, 6) is 0. The van der Waals surface area contributed by atoms with Crippen LogP contribution in [0.2, 0.25) is 0 Å². The Morgan fingerprint density at radius 2 is 2.13 bits per heavy atom. The lowest BCUT2D eigenvalue weighted by Gasteiger charge is -2.00. The second-order valence-corrected chi connectivity index (χ2v) is 3.14. The summed E-state index contributed by atoms with van der Waals surface area (Å²) in [6.07, 6.45) is 0.777. The Balaban J connectivity index is 0.00000196. The number of aromatic nitrogens is 2. The molecule has 0 amide bonds. The second kappa shape index (κ2) is 5.67. The van der Waals surface area contributed by atoms with Crippen LogP contribution in [0, 0.1) is 24.0 Å². The zero-order chi connectivity index (χ0) is 10.7. The summed E-state index contributed by atoms with van der Waals surface area (Å²) in [4.78, 5) is 10.3. The standard InChI is InChI=1S/C8H14N4O2.ClH/c1-6-8(12(13)14)7(2)11(10-6)5-3-4-9;/h3-5,9H2,1-2H3;1H. The van der Waals surface area contributed by atoms with E-state index in [-0.39, 0.29) is 18.1 Å². The van der Waals surface area contributed by atoms with Gasteiger partial charge in [-0.1, -0.05) is 0 Å². The van der Waals surface area contributed by atoms with Gasteiger partial charge in [0.15, 0.2) is 0 Å². The maximum absolute atomic E-state index is 10.7. The summed E-state index contributed by atoms with van der Waals surface area (Å²) in [6, 6.07) is 0. The van der Waals surface area contributed by atoms with Crippen molar-refractivity contribution < 1.29 is 4.92 Å². The topological polar surface area (TPSA) is 87.0 Å². The van der Waals surface area contributed by atoms with Gasteiger partial charge in [0.2, 0.25) is 0 Å². The van der Waals surface area contributed by atoms with Crippen LogP contribution in [0.1, 0.15) is 17.8 Å². The first kappa shape index (κ1) is 13.9. The van der Waals surface area contributed by atoms with Gasteiger partial charge >= 0.3 is 5.69 Å². The molecule has 0 atom stereocenters. The van der Waals surface area contributed by atoms with Crippen LogP contribution < -0.4 is 5.73 Å². The molecule has 1 aromatic rings. The van der Waals surface area contributed by atoms with Gasteiger partial charge in [0.1, 0.15) is 11.4 Å². The first-order chi connectivity index (χ1) is 6.57. The van der Waals surface area contributed by atoms with Crippen LogP contribution in [0.4, 0.5) is 5.69 Å². The zero-order valence-electron chi connectivity index (χ0n) is 8.77. The van der Waals surface area contributed by atoms with Gasteiger partial charge in [0, 0.05) is 6.54 Å². The van der Waals surface area contributed by atoms with Crippen molar-refractivity contribution in [3.63, 3.8) is 0 Å². The zero-order valence-corrected chi connectivity index (χ0v) is 9.58. The van der Waals surface area contributed by atoms with Gasteiger partial charge in [-0.25, -0.2) is 0 Å². The largest absolute Gasteiger partial charge is 0.330 e. The van der Waals surface area contributed by atoms with Crippen molar-refractivity contribution in [1.82, 2.24) is 9.78 Å². The molecule has 0 aliphatic rings. The molecule has 2 N–H and O–H groups in total. The molecule has 0 saturated heterocycles. The van der Waals surface area contributed by atoms with Crippen LogP contribution in [0.15, 0.2) is 0 Å². The van der Waals surface area contributed by atoms with Crippen LogP contribution in [-0.2, 0) is 6.54 Å². The minimum absolute atomic E-state index is 0. The molecular weight excluding hydrogens is 220 g/mol. The molecule has 1 heterocycles. The van der Waals surface area contributed by atoms with Crippen molar-refractivity contribution in [3.05, 3.63) is 21.5 Å². The molecule has 0 saturated carbocycles. The van der Waals surface area contributed by atoms with E-state index in [1.54, 1.807) is 18.5 Å². The van der Waals surface area contributed by atoms with Gasteiger partial charge in [-0.3, -0.25) is 14.8 Å². The maximum atomic E-state index is 10.7. The van der Waals surface area contributed by atoms with E-state index in [2.05, 4.69) is 5.10 Å². The molecule has 0 aliphatic heterocycles. The van der Waals surface area contributed by atoms with E-state index in [1.807, 2.05) is 0 Å². The van der Waals surface area contributed by atoms with Crippen molar-refractivity contribution in [2.75, 3.05) is 6.54 Å². The minimum atomic E-state index is -0.392. The van der Waals surface area contributed by atoms with Crippen molar-refractivity contribution in [2.45, 2.75) is 26.8 Å². The third kappa shape index (κ3) is 2.90. The molecule has 7 heteroatoms. The highest BCUT2D eigenvalue weighted by molar-refractivity contribution is 5.85. The Kier molecular flexibility index (Phi) is 5.24. The quantitative estimate of drug-likeness (QED) is 0.626. The van der Waals surface area contributed by atoms with Gasteiger partial charge in [0.05, 0.1) is 4.92 Å². The monoisotopic (exact) mass is 234 g/mol. The van der Waals surface area contributed by atoms with Crippen molar-refractivity contribution in [3.8, 4) is 0 Å². The first-order valence-electron chi connectivity index (χ1n) is 4.46. The van der Waals surface area contributed by atoms with E-state index in [1.165, 1.54) is 0 Å². The van der Waals surface area contributed by atoms with Crippen LogP contribution in [0.25, 0.3) is 0 Å². The molecule has 1 aromatic heterocycles. The van der Waals surface area contributed by atoms with Gasteiger partial charge in [0.25, 0.3) is 0 Å². The van der Waals surface area contributed by atoms with Gasteiger partial charge in [-0.2, -0.15) is 5.10 Å². The fourth-order valence-corrected chi connectivity index (χ4v) is 1.41. The highest BCUT2D eigenvalue weighted by Gasteiger charge is 2.20. The van der Waals surface area contributed by atoms with Gasteiger partial charge in [-0.05, 0) is 26.8 Å². The van der Waals surface area contributed by atoms with Gasteiger partial charge < -0.3 is 5.73 Å². The summed E-state index contributed by atoms with van der Waals surface area (Å²) in [5, 5.41) is 14.7. The molecule has 0 spiro atoms. The number of hydrogen-bond donors (Lipinski definition) is 1. The van der Waals surface area contributed by atoms with Gasteiger partial charge in [-0.15, -0.1) is 12.4 Å². The number of nitrogens with two attached hydrogens (primary N) is 1. The number of nitro groups is 1. The molecular formula is C8H15ClN4O2. The van der Waals surface area contributed by atoms with Crippen LogP contribution in [0.5, 0.6) is 0 Å². The van der Waals surface area contributed by atoms with Crippen LogP contribution in [-0.4, -0.2) is 21.2 Å². The third-order valence-electron chi connectivity index (χ3n) is 2.10. The number of rotatable bonds is 4. The molecule has 0 unspecified atom stereocenters. The number of hydrogen-bond acceptors (Lipinski definition) is 4. The Hall–Kier alpha value is -1.14. The lowest BCUT2D eigenvalue weighted by Crippen LogP contribution is -2.08. The van der Waals surface area contributed by atoms with E-state index in [9.17, 15) is 10.1 Å². The van der Waals surface area contributed by atoms with E-state index < -0.39 is 4.92 Å². The van der Waals surface area contributed by atoms with E-state index >= 15 is 0 Å². The molecule has 86 valence electrons. The smallest absolute Gasteiger partial charge is 0.312 e. The Morgan fingerprint density at radius 3 is 2.53 bits per heavy atom. The summed E-state index contributed by atoms with van der Waals surface area (Å²) >= 11 is 0. The molecule has 0 aliphatic carbocycles. The molecule has 0 radical (unpaired) electrons. The molecule has 0 bridgehead atoms. The lowest BCUT2D eigenvalue weighted by atomic mass is 10.3. The number of aryl methyl sites for hydroxylation is 2. The lowest BCUT2D eigenvalue weighted by molar-refractivity contribution is -0.386. The van der Waals surface area contributed by atoms with E-state index in [0.717, 1.165) is 6.42 Å². The second-order valence-electron chi connectivity index (χ2n) is 3.14. The Morgan fingerprint density at radius 1 is 1.53 bits per heavy atom. The van der Waals surface area contributed by atoms with E-state index in [4.69, 9.17) is 5.73 Å². The third-order valence-corrected chi connectivity index (χ3v) is 2.10. The Bertz CT molecular complexity index is 351. The van der Waals surface area contributed by atoms with Crippen LogP contribution >= 0.6 is 12.4 Å². The number of halogens is 1. The average Bonchev–Trinajstić information content (AvgIpc) is 2.38. The average molecular weight is 235 g/mol. The Labute approximate surface area is 94.0 Å². The molecule has 0 fully saturated rings. The summed E-state index contributed by atoms with van der Waals surface area (Å²) < 4.78 is 1.64. The minimum Gasteiger partial charge on any atom is -0.330 e. The maximum Gasteiger partial charge on any atom is 0.312 e. The molecule has 1 rings (SSSR count). The fraction of sp³-hybridized carbons (Fsp3) is 0.625.